The SMILES string of the molecule is CCn1c(=O)c2cnc(Nc3ccc4c(c3)CCC(N(C)C)C4)nc2n1-c1cccc(C(C)(C)O)n1. The first-order valence-corrected chi connectivity index (χ1v) is 12.4. The summed E-state index contributed by atoms with van der Waals surface area (Å²) in [5, 5.41) is 14.2. The number of fused-ring (bicyclic) bond motifs is 2. The third-order valence-electron chi connectivity index (χ3n) is 6.95. The topological polar surface area (TPSA) is 101 Å². The molecule has 5 rings (SSSR count). The number of anilines is 2. The van der Waals surface area contributed by atoms with Crippen molar-refractivity contribution in [3.05, 3.63) is 69.8 Å². The van der Waals surface area contributed by atoms with Crippen molar-refractivity contribution in [2.75, 3.05) is 19.4 Å². The summed E-state index contributed by atoms with van der Waals surface area (Å²) in [5.74, 6) is 0.919. The smallest absolute Gasteiger partial charge is 0.278 e. The lowest BCUT2D eigenvalue weighted by atomic mass is 9.87. The van der Waals surface area contributed by atoms with Crippen LogP contribution in [0.5, 0.6) is 0 Å². The highest BCUT2D eigenvalue weighted by Gasteiger charge is 2.23. The van der Waals surface area contributed by atoms with Gasteiger partial charge in [0.05, 0.1) is 5.69 Å². The molecule has 0 radical (unpaired) electrons. The second-order valence-corrected chi connectivity index (χ2v) is 10.2. The van der Waals surface area contributed by atoms with Crippen molar-refractivity contribution in [3.8, 4) is 5.82 Å². The van der Waals surface area contributed by atoms with Crippen LogP contribution in [0.15, 0.2) is 47.4 Å². The average Bonchev–Trinajstić information content (AvgIpc) is 3.14. The Labute approximate surface area is 210 Å². The lowest BCUT2D eigenvalue weighted by Crippen LogP contribution is -2.33. The Morgan fingerprint density at radius 1 is 1.17 bits per heavy atom. The number of pyridine rings is 1. The molecule has 1 aromatic carbocycles. The van der Waals surface area contributed by atoms with Gasteiger partial charge in [-0.2, -0.15) is 4.98 Å². The van der Waals surface area contributed by atoms with Crippen LogP contribution >= 0.6 is 0 Å². The van der Waals surface area contributed by atoms with Crippen LogP contribution in [-0.2, 0) is 25.0 Å². The summed E-state index contributed by atoms with van der Waals surface area (Å²) in [6, 6.07) is 12.4. The van der Waals surface area contributed by atoms with Crippen LogP contribution in [0.2, 0.25) is 0 Å². The number of hydrogen-bond donors (Lipinski definition) is 2. The molecule has 0 saturated carbocycles. The van der Waals surface area contributed by atoms with E-state index in [4.69, 9.17) is 4.98 Å². The van der Waals surface area contributed by atoms with Gasteiger partial charge in [0, 0.05) is 24.5 Å². The number of nitrogens with zero attached hydrogens (tertiary/aromatic N) is 6. The number of likely N-dealkylation sites (N-methyl/N-ethyl adjacent to an activating group) is 1. The van der Waals surface area contributed by atoms with Crippen LogP contribution in [0.4, 0.5) is 11.6 Å². The zero-order valence-corrected chi connectivity index (χ0v) is 21.5. The van der Waals surface area contributed by atoms with Crippen molar-refractivity contribution in [2.45, 2.75) is 58.2 Å². The van der Waals surface area contributed by atoms with E-state index in [1.165, 1.54) is 11.1 Å². The molecule has 1 aliphatic rings. The maximum atomic E-state index is 13.1. The summed E-state index contributed by atoms with van der Waals surface area (Å²) in [6.45, 7) is 5.70. The van der Waals surface area contributed by atoms with E-state index in [1.54, 1.807) is 41.5 Å². The molecule has 36 heavy (non-hydrogen) atoms. The minimum absolute atomic E-state index is 0.182. The van der Waals surface area contributed by atoms with Crippen LogP contribution in [0, 0.1) is 0 Å². The summed E-state index contributed by atoms with van der Waals surface area (Å²) in [6.07, 6.45) is 4.79. The molecule has 1 aliphatic carbocycles. The van der Waals surface area contributed by atoms with E-state index in [-0.39, 0.29) is 5.56 Å². The molecule has 9 heteroatoms. The van der Waals surface area contributed by atoms with Gasteiger partial charge in [0.1, 0.15) is 11.0 Å². The highest BCUT2D eigenvalue weighted by molar-refractivity contribution is 5.77. The molecular weight excluding hydrogens is 454 g/mol. The molecule has 3 aromatic heterocycles. The summed E-state index contributed by atoms with van der Waals surface area (Å²) in [5.41, 5.74) is 3.33. The third-order valence-corrected chi connectivity index (χ3v) is 6.95. The molecule has 1 unspecified atom stereocenters. The molecule has 9 nitrogen and oxygen atoms in total. The van der Waals surface area contributed by atoms with Crippen LogP contribution in [0.3, 0.4) is 0 Å². The number of aliphatic hydroxyl groups is 1. The fourth-order valence-corrected chi connectivity index (χ4v) is 4.87. The van der Waals surface area contributed by atoms with Gasteiger partial charge in [-0.15, -0.1) is 0 Å². The van der Waals surface area contributed by atoms with Crippen molar-refractivity contribution >= 4 is 22.7 Å². The lowest BCUT2D eigenvalue weighted by molar-refractivity contribution is 0.0738. The summed E-state index contributed by atoms with van der Waals surface area (Å²) >= 11 is 0. The van der Waals surface area contributed by atoms with E-state index in [2.05, 4.69) is 52.5 Å². The predicted octanol–water partition coefficient (Wildman–Crippen LogP) is 3.39. The Hall–Kier alpha value is -3.56. The van der Waals surface area contributed by atoms with E-state index in [0.717, 1.165) is 24.9 Å². The van der Waals surface area contributed by atoms with E-state index >= 15 is 0 Å². The molecule has 0 amide bonds. The summed E-state index contributed by atoms with van der Waals surface area (Å²) < 4.78 is 3.29. The molecule has 0 fully saturated rings. The summed E-state index contributed by atoms with van der Waals surface area (Å²) in [4.78, 5) is 29.2. The third kappa shape index (κ3) is 4.40. The van der Waals surface area contributed by atoms with E-state index in [1.807, 2.05) is 13.0 Å². The van der Waals surface area contributed by atoms with Gasteiger partial charge in [-0.25, -0.2) is 19.3 Å². The fraction of sp³-hybridized carbons (Fsp3) is 0.407. The molecular formula is C27H33N7O2. The molecule has 0 bridgehead atoms. The minimum atomic E-state index is -1.11. The molecule has 0 saturated heterocycles. The first-order chi connectivity index (χ1) is 17.2. The zero-order valence-electron chi connectivity index (χ0n) is 21.5. The van der Waals surface area contributed by atoms with E-state index in [9.17, 15) is 9.90 Å². The molecule has 3 heterocycles. The maximum Gasteiger partial charge on any atom is 0.278 e. The average molecular weight is 488 g/mol. The number of aromatic nitrogens is 5. The zero-order chi connectivity index (χ0) is 25.6. The Bertz CT molecular complexity index is 1480. The van der Waals surface area contributed by atoms with Crippen molar-refractivity contribution in [3.63, 3.8) is 0 Å². The van der Waals surface area contributed by atoms with Gasteiger partial charge in [0.15, 0.2) is 11.5 Å². The Kier molecular flexibility index (Phi) is 6.13. The van der Waals surface area contributed by atoms with Crippen molar-refractivity contribution < 1.29 is 5.11 Å². The van der Waals surface area contributed by atoms with Crippen LogP contribution in [-0.4, -0.2) is 54.5 Å². The number of rotatable bonds is 6. The van der Waals surface area contributed by atoms with Crippen LogP contribution in [0.1, 0.15) is 44.0 Å². The first-order valence-electron chi connectivity index (χ1n) is 12.4. The number of hydrogen-bond acceptors (Lipinski definition) is 7. The molecule has 188 valence electrons. The molecule has 1 atom stereocenters. The van der Waals surface area contributed by atoms with E-state index < -0.39 is 5.60 Å². The minimum Gasteiger partial charge on any atom is -0.384 e. The highest BCUT2D eigenvalue weighted by atomic mass is 16.3. The second kappa shape index (κ2) is 9.15. The van der Waals surface area contributed by atoms with Crippen molar-refractivity contribution in [2.24, 2.45) is 0 Å². The summed E-state index contributed by atoms with van der Waals surface area (Å²) in [7, 11) is 4.28. The molecule has 0 spiro atoms. The maximum absolute atomic E-state index is 13.1. The fourth-order valence-electron chi connectivity index (χ4n) is 4.87. The van der Waals surface area contributed by atoms with Gasteiger partial charge >= 0.3 is 0 Å². The van der Waals surface area contributed by atoms with Gasteiger partial charge in [-0.05, 0) is 89.5 Å². The van der Waals surface area contributed by atoms with E-state index in [0.29, 0.717) is 41.1 Å². The number of aryl methyl sites for hydroxylation is 1. The van der Waals surface area contributed by atoms with Gasteiger partial charge < -0.3 is 15.3 Å². The van der Waals surface area contributed by atoms with Gasteiger partial charge in [-0.1, -0.05) is 12.1 Å². The van der Waals surface area contributed by atoms with Crippen molar-refractivity contribution in [1.82, 2.24) is 29.2 Å². The van der Waals surface area contributed by atoms with Gasteiger partial charge in [-0.3, -0.25) is 4.79 Å². The standard InChI is InChI=1S/C27H33N7O2/c1-6-33-25(35)21-16-28-26(29-19-12-10-18-15-20(32(4)5)13-11-17(18)14-19)31-24(21)34(33)23-9-7-8-22(30-23)27(2,3)36/h7-10,12,14,16,20,36H,6,11,13,15H2,1-5H3,(H,28,29,31). The lowest BCUT2D eigenvalue weighted by Gasteiger charge is -2.30. The Morgan fingerprint density at radius 3 is 2.69 bits per heavy atom. The predicted molar refractivity (Wildman–Crippen MR) is 141 cm³/mol. The largest absolute Gasteiger partial charge is 0.384 e. The van der Waals surface area contributed by atoms with Gasteiger partial charge in [0.2, 0.25) is 5.95 Å². The van der Waals surface area contributed by atoms with Crippen LogP contribution in [0.25, 0.3) is 16.9 Å². The quantitative estimate of drug-likeness (QED) is 0.430. The molecule has 2 N–H and O–H groups in total. The first kappa shape index (κ1) is 24.1. The Balaban J connectivity index is 1.53. The van der Waals surface area contributed by atoms with Crippen molar-refractivity contribution in [1.29, 1.82) is 0 Å². The van der Waals surface area contributed by atoms with Crippen LogP contribution < -0.4 is 10.9 Å². The number of nitrogens with one attached hydrogen (secondary N) is 1. The monoisotopic (exact) mass is 487 g/mol. The number of benzene rings is 1. The Morgan fingerprint density at radius 2 is 1.97 bits per heavy atom. The molecule has 0 aliphatic heterocycles. The highest BCUT2D eigenvalue weighted by Crippen LogP contribution is 2.28. The molecule has 4 aromatic rings. The van der Waals surface area contributed by atoms with Gasteiger partial charge in [0.25, 0.3) is 5.56 Å². The normalized spacial score (nSPS) is 15.9. The second-order valence-electron chi connectivity index (χ2n) is 10.2.